The van der Waals surface area contributed by atoms with Gasteiger partial charge < -0.3 is 10.4 Å². The van der Waals surface area contributed by atoms with Gasteiger partial charge in [-0.05, 0) is 24.6 Å². The summed E-state index contributed by atoms with van der Waals surface area (Å²) in [5.41, 5.74) is 1.49. The van der Waals surface area contributed by atoms with Gasteiger partial charge in [-0.2, -0.15) is 0 Å². The third kappa shape index (κ3) is 4.11. The lowest BCUT2D eigenvalue weighted by atomic mass is 10.1. The molecule has 3 nitrogen and oxygen atoms in total. The Morgan fingerprint density at radius 3 is 2.32 bits per heavy atom. The molecule has 5 heteroatoms. The molecule has 0 heterocycles. The van der Waals surface area contributed by atoms with Crippen molar-refractivity contribution in [1.82, 2.24) is 5.32 Å². The van der Waals surface area contributed by atoms with Gasteiger partial charge in [-0.25, -0.2) is 8.78 Å². The lowest BCUT2D eigenvalue weighted by molar-refractivity contribution is -0.120. The van der Waals surface area contributed by atoms with Crippen LogP contribution in [0.2, 0.25) is 0 Å². The third-order valence-electron chi connectivity index (χ3n) is 3.31. The average Bonchev–Trinajstić information content (AvgIpc) is 2.47. The number of amides is 1. The second-order valence-corrected chi connectivity index (χ2v) is 5.12. The molecule has 0 aromatic heterocycles. The van der Waals surface area contributed by atoms with Crippen molar-refractivity contribution in [2.75, 3.05) is 6.54 Å². The summed E-state index contributed by atoms with van der Waals surface area (Å²) in [5.74, 6) is -1.99. The van der Waals surface area contributed by atoms with Gasteiger partial charge in [0.05, 0.1) is 12.0 Å². The van der Waals surface area contributed by atoms with Gasteiger partial charge in [-0.3, -0.25) is 4.79 Å². The Balaban J connectivity index is 1.92. The van der Waals surface area contributed by atoms with Gasteiger partial charge in [-0.1, -0.05) is 35.9 Å². The zero-order chi connectivity index (χ0) is 16.1. The minimum absolute atomic E-state index is 0.146. The summed E-state index contributed by atoms with van der Waals surface area (Å²) in [6.07, 6.45) is -1.28. The van der Waals surface area contributed by atoms with E-state index in [1.807, 2.05) is 31.2 Å². The Bertz CT molecular complexity index is 636. The molecule has 116 valence electrons. The predicted molar refractivity (Wildman–Crippen MR) is 79.2 cm³/mol. The topological polar surface area (TPSA) is 49.3 Å². The first-order valence-corrected chi connectivity index (χ1v) is 6.91. The van der Waals surface area contributed by atoms with E-state index < -0.39 is 23.3 Å². The van der Waals surface area contributed by atoms with Crippen molar-refractivity contribution in [2.45, 2.75) is 19.4 Å². The molecule has 1 amide bonds. The number of hydrogen-bond acceptors (Lipinski definition) is 2. The summed E-state index contributed by atoms with van der Waals surface area (Å²) in [6.45, 7) is 1.70. The molecule has 22 heavy (non-hydrogen) atoms. The first kappa shape index (κ1) is 16.1. The van der Waals surface area contributed by atoms with Crippen LogP contribution in [0.4, 0.5) is 8.78 Å². The fourth-order valence-corrected chi connectivity index (χ4v) is 2.10. The standard InChI is InChI=1S/C17H17F2NO2/c1-11-5-7-12(8-6-11)9-16(22)20-10-15(21)17-13(18)3-2-4-14(17)19/h2-8,15,21H,9-10H2,1H3,(H,20,22). The summed E-state index contributed by atoms with van der Waals surface area (Å²) in [6, 6.07) is 10.8. The first-order chi connectivity index (χ1) is 10.5. The molecular formula is C17H17F2NO2. The maximum Gasteiger partial charge on any atom is 0.224 e. The second-order valence-electron chi connectivity index (χ2n) is 5.12. The van der Waals surface area contributed by atoms with Crippen LogP contribution in [-0.2, 0) is 11.2 Å². The molecule has 0 spiro atoms. The molecule has 0 radical (unpaired) electrons. The van der Waals surface area contributed by atoms with E-state index in [9.17, 15) is 18.7 Å². The highest BCUT2D eigenvalue weighted by Gasteiger charge is 2.18. The minimum atomic E-state index is -1.43. The summed E-state index contributed by atoms with van der Waals surface area (Å²) < 4.78 is 27.0. The Hall–Kier alpha value is -2.27. The number of halogens is 2. The molecule has 0 bridgehead atoms. The van der Waals surface area contributed by atoms with Crippen LogP contribution in [0.3, 0.4) is 0 Å². The molecule has 1 unspecified atom stereocenters. The highest BCUT2D eigenvalue weighted by Crippen LogP contribution is 2.19. The van der Waals surface area contributed by atoms with Crippen LogP contribution in [0.25, 0.3) is 0 Å². The van der Waals surface area contributed by atoms with E-state index in [1.165, 1.54) is 6.07 Å². The highest BCUT2D eigenvalue weighted by molar-refractivity contribution is 5.78. The lowest BCUT2D eigenvalue weighted by Crippen LogP contribution is -2.30. The summed E-state index contributed by atoms with van der Waals surface area (Å²) in [4.78, 5) is 11.8. The van der Waals surface area contributed by atoms with Gasteiger partial charge in [0.2, 0.25) is 5.91 Å². The second kappa shape index (κ2) is 7.13. The first-order valence-electron chi connectivity index (χ1n) is 6.91. The van der Waals surface area contributed by atoms with Gasteiger partial charge in [0.25, 0.3) is 0 Å². The minimum Gasteiger partial charge on any atom is -0.386 e. The monoisotopic (exact) mass is 305 g/mol. The van der Waals surface area contributed by atoms with E-state index in [1.54, 1.807) is 0 Å². The zero-order valence-corrected chi connectivity index (χ0v) is 12.1. The van der Waals surface area contributed by atoms with Crippen molar-refractivity contribution in [2.24, 2.45) is 0 Å². The van der Waals surface area contributed by atoms with Crippen LogP contribution in [-0.4, -0.2) is 17.6 Å². The number of aliphatic hydroxyl groups excluding tert-OH is 1. The zero-order valence-electron chi connectivity index (χ0n) is 12.1. The van der Waals surface area contributed by atoms with E-state index >= 15 is 0 Å². The predicted octanol–water partition coefficient (Wildman–Crippen LogP) is 2.67. The van der Waals surface area contributed by atoms with E-state index in [0.29, 0.717) is 0 Å². The summed E-state index contributed by atoms with van der Waals surface area (Å²) in [7, 11) is 0. The number of rotatable bonds is 5. The van der Waals surface area contributed by atoms with Crippen molar-refractivity contribution < 1.29 is 18.7 Å². The van der Waals surface area contributed by atoms with Crippen LogP contribution >= 0.6 is 0 Å². The number of aliphatic hydroxyl groups is 1. The van der Waals surface area contributed by atoms with Crippen LogP contribution in [0, 0.1) is 18.6 Å². The van der Waals surface area contributed by atoms with E-state index in [0.717, 1.165) is 23.3 Å². The quantitative estimate of drug-likeness (QED) is 0.892. The highest BCUT2D eigenvalue weighted by atomic mass is 19.1. The number of nitrogens with one attached hydrogen (secondary N) is 1. The van der Waals surface area contributed by atoms with Gasteiger partial charge in [-0.15, -0.1) is 0 Å². The van der Waals surface area contributed by atoms with E-state index in [2.05, 4.69) is 5.32 Å². The van der Waals surface area contributed by atoms with Crippen molar-refractivity contribution in [3.05, 3.63) is 70.8 Å². The number of carbonyl (C=O) groups is 1. The molecule has 2 rings (SSSR count). The molecule has 0 fully saturated rings. The number of hydrogen-bond donors (Lipinski definition) is 2. The van der Waals surface area contributed by atoms with Gasteiger partial charge in [0.1, 0.15) is 17.7 Å². The van der Waals surface area contributed by atoms with Crippen molar-refractivity contribution in [3.8, 4) is 0 Å². The molecule has 0 saturated carbocycles. The molecule has 2 N–H and O–H groups in total. The Labute approximate surface area is 127 Å². The Morgan fingerprint density at radius 1 is 1.14 bits per heavy atom. The molecule has 0 aliphatic heterocycles. The van der Waals surface area contributed by atoms with E-state index in [4.69, 9.17) is 0 Å². The van der Waals surface area contributed by atoms with Crippen molar-refractivity contribution in [1.29, 1.82) is 0 Å². The molecule has 0 aliphatic rings. The van der Waals surface area contributed by atoms with Crippen LogP contribution in [0.5, 0.6) is 0 Å². The van der Waals surface area contributed by atoms with Crippen molar-refractivity contribution in [3.63, 3.8) is 0 Å². The van der Waals surface area contributed by atoms with Gasteiger partial charge in [0.15, 0.2) is 0 Å². The lowest BCUT2D eigenvalue weighted by Gasteiger charge is -2.14. The molecule has 0 aliphatic carbocycles. The third-order valence-corrected chi connectivity index (χ3v) is 3.31. The Kier molecular flexibility index (Phi) is 5.22. The van der Waals surface area contributed by atoms with Crippen LogP contribution in [0.15, 0.2) is 42.5 Å². The maximum absolute atomic E-state index is 13.5. The van der Waals surface area contributed by atoms with Gasteiger partial charge >= 0.3 is 0 Å². The normalized spacial score (nSPS) is 12.0. The van der Waals surface area contributed by atoms with Gasteiger partial charge in [0, 0.05) is 6.54 Å². The number of aryl methyl sites for hydroxylation is 1. The average molecular weight is 305 g/mol. The fraction of sp³-hybridized carbons (Fsp3) is 0.235. The Morgan fingerprint density at radius 2 is 1.73 bits per heavy atom. The molecule has 0 saturated heterocycles. The van der Waals surface area contributed by atoms with E-state index in [-0.39, 0.29) is 18.9 Å². The van der Waals surface area contributed by atoms with Crippen molar-refractivity contribution >= 4 is 5.91 Å². The number of benzene rings is 2. The van der Waals surface area contributed by atoms with Crippen LogP contribution < -0.4 is 5.32 Å². The molecule has 2 aromatic rings. The summed E-state index contributed by atoms with van der Waals surface area (Å²) >= 11 is 0. The van der Waals surface area contributed by atoms with Crippen LogP contribution in [0.1, 0.15) is 22.8 Å². The maximum atomic E-state index is 13.5. The molecule has 1 atom stereocenters. The molecule has 2 aromatic carbocycles. The smallest absolute Gasteiger partial charge is 0.224 e. The SMILES string of the molecule is Cc1ccc(CC(=O)NCC(O)c2c(F)cccc2F)cc1. The largest absolute Gasteiger partial charge is 0.386 e. The molecular weight excluding hydrogens is 288 g/mol. The summed E-state index contributed by atoms with van der Waals surface area (Å²) in [5, 5.41) is 12.3. The number of carbonyl (C=O) groups excluding carboxylic acids is 1. The fourth-order valence-electron chi connectivity index (χ4n) is 2.10.